The van der Waals surface area contributed by atoms with E-state index >= 15 is 0 Å². The van der Waals surface area contributed by atoms with E-state index in [9.17, 15) is 0 Å². The molecule has 0 aromatic heterocycles. The molecule has 0 saturated carbocycles. The Balaban J connectivity index is 2.35. The van der Waals surface area contributed by atoms with Crippen LogP contribution in [0.3, 0.4) is 0 Å². The molecule has 0 unspecified atom stereocenters. The molecule has 1 heterocycles. The minimum atomic E-state index is -2.72. The lowest BCUT2D eigenvalue weighted by Gasteiger charge is -2.32. The summed E-state index contributed by atoms with van der Waals surface area (Å²) in [5, 5.41) is 3.39. The topological polar surface area (TPSA) is 43.0 Å². The molecular weight excluding hydrogens is 367 g/mol. The van der Waals surface area contributed by atoms with Crippen LogP contribution >= 0.6 is 6.64 Å². The summed E-state index contributed by atoms with van der Waals surface area (Å²) in [7, 11) is 0. The smallest absolute Gasteiger partial charge is 0.288 e. The summed E-state index contributed by atoms with van der Waals surface area (Å²) in [5.41, 5.74) is 3.27. The Bertz CT molecular complexity index is 644. The van der Waals surface area contributed by atoms with Gasteiger partial charge in [-0.1, -0.05) is 32.1 Å². The van der Waals surface area contributed by atoms with Crippen LogP contribution in [0.4, 0.5) is 11.4 Å². The molecule has 5 nitrogen and oxygen atoms in total. The van der Waals surface area contributed by atoms with Gasteiger partial charge in [-0.15, -0.1) is 13.2 Å². The lowest BCUT2D eigenvalue weighted by Crippen LogP contribution is -2.36. The van der Waals surface area contributed by atoms with Crippen LogP contribution < -0.4 is 9.99 Å². The second-order valence-electron chi connectivity index (χ2n) is 6.31. The van der Waals surface area contributed by atoms with Crippen LogP contribution in [0.1, 0.15) is 25.3 Å². The minimum absolute atomic E-state index is 0.332. The van der Waals surface area contributed by atoms with Crippen LogP contribution in [-0.4, -0.2) is 39.5 Å². The van der Waals surface area contributed by atoms with Gasteiger partial charge in [0, 0.05) is 13.1 Å². The van der Waals surface area contributed by atoms with Gasteiger partial charge in [-0.2, -0.15) is 0 Å². The van der Waals surface area contributed by atoms with E-state index in [1.807, 2.05) is 0 Å². The Labute approximate surface area is 162 Å². The number of benzene rings is 1. The molecule has 0 amide bonds. The third-order valence-corrected chi connectivity index (χ3v) is 6.42. The second-order valence-corrected chi connectivity index (χ2v) is 9.49. The van der Waals surface area contributed by atoms with E-state index in [2.05, 4.69) is 55.2 Å². The maximum atomic E-state index is 5.81. The molecule has 26 heavy (non-hydrogen) atoms. The van der Waals surface area contributed by atoms with Crippen LogP contribution in [0.5, 0.6) is 0 Å². The Hall–Kier alpha value is -1.17. The first kappa shape index (κ1) is 21.1. The maximum absolute atomic E-state index is 5.81. The predicted octanol–water partition coefficient (Wildman–Crippen LogP) is 4.69. The number of nitrogens with zero attached hydrogens (tertiary/aromatic N) is 1. The van der Waals surface area contributed by atoms with Gasteiger partial charge in [-0.25, -0.2) is 0 Å². The molecule has 0 bridgehead atoms. The van der Waals surface area contributed by atoms with Crippen molar-refractivity contribution in [3.63, 3.8) is 0 Å². The Morgan fingerprint density at radius 2 is 1.85 bits per heavy atom. The third kappa shape index (κ3) is 5.93. The lowest BCUT2D eigenvalue weighted by atomic mass is 10.0. The second kappa shape index (κ2) is 10.2. The van der Waals surface area contributed by atoms with Crippen molar-refractivity contribution in [3.05, 3.63) is 49.1 Å². The summed E-state index contributed by atoms with van der Waals surface area (Å²) in [6, 6.07) is 6.45. The van der Waals surface area contributed by atoms with Crippen molar-refractivity contribution in [2.45, 2.75) is 19.8 Å². The van der Waals surface area contributed by atoms with Crippen molar-refractivity contribution in [1.29, 1.82) is 0 Å². The first-order valence-electron chi connectivity index (χ1n) is 8.85. The molecule has 7 heteroatoms. The first-order chi connectivity index (χ1) is 12.5. The number of nitrogens with one attached hydrogen (secondary N) is 1. The predicted molar refractivity (Wildman–Crippen MR) is 114 cm³/mol. The zero-order valence-electron chi connectivity index (χ0n) is 15.6. The molecule has 1 fully saturated rings. The summed E-state index contributed by atoms with van der Waals surface area (Å²) in [4.78, 5) is 2.30. The van der Waals surface area contributed by atoms with E-state index in [1.165, 1.54) is 5.56 Å². The number of rotatable bonds is 10. The third-order valence-electron chi connectivity index (χ3n) is 4.02. The molecule has 1 saturated heterocycles. The molecule has 1 aromatic rings. The molecule has 1 aliphatic heterocycles. The molecule has 1 aromatic carbocycles. The van der Waals surface area contributed by atoms with Gasteiger partial charge in [-0.3, -0.25) is 0 Å². The monoisotopic (exact) mass is 396 g/mol. The van der Waals surface area contributed by atoms with Gasteiger partial charge in [0.25, 0.3) is 6.64 Å². The normalized spacial score (nSPS) is 15.1. The maximum Gasteiger partial charge on any atom is 0.288 e. The highest BCUT2D eigenvalue weighted by Gasteiger charge is 2.23. The number of anilines is 2. The summed E-state index contributed by atoms with van der Waals surface area (Å²) in [5.74, 6) is 0.412. The van der Waals surface area contributed by atoms with Crippen LogP contribution in [-0.2, 0) is 25.6 Å². The fourth-order valence-corrected chi connectivity index (χ4v) is 4.57. The zero-order chi connectivity index (χ0) is 19.0. The van der Waals surface area contributed by atoms with Crippen LogP contribution in [0.15, 0.2) is 43.5 Å². The van der Waals surface area contributed by atoms with Gasteiger partial charge in [0.1, 0.15) is 0 Å². The van der Waals surface area contributed by atoms with E-state index in [4.69, 9.17) is 25.6 Å². The van der Waals surface area contributed by atoms with E-state index in [1.54, 1.807) is 12.2 Å². The molecule has 1 aliphatic rings. The zero-order valence-corrected chi connectivity index (χ0v) is 17.4. The van der Waals surface area contributed by atoms with Crippen molar-refractivity contribution in [2.75, 3.05) is 49.5 Å². The number of morpholine rings is 1. The van der Waals surface area contributed by atoms with Crippen molar-refractivity contribution in [1.82, 2.24) is 0 Å². The molecular formula is C19H29N2O3PS. The molecule has 144 valence electrons. The van der Waals surface area contributed by atoms with Crippen molar-refractivity contribution in [3.8, 4) is 0 Å². The van der Waals surface area contributed by atoms with Crippen molar-refractivity contribution in [2.24, 2.45) is 0 Å². The number of ether oxygens (including phenoxy) is 1. The molecule has 1 N–H and O–H groups in total. The standard InChI is InChI=1S/C19H29N2O3PS/c1-5-11-23-25(26,24-12-6-2)20-18-15-17(16(3)4)7-8-19(18)21-9-13-22-14-10-21/h5-8,15-16H,1-2,9-14H2,3-4H3,(H,20,26). The van der Waals surface area contributed by atoms with Gasteiger partial charge in [0.05, 0.1) is 37.8 Å². The number of hydrogen-bond donors (Lipinski definition) is 1. The largest absolute Gasteiger partial charge is 0.378 e. The fourth-order valence-electron chi connectivity index (χ4n) is 2.63. The van der Waals surface area contributed by atoms with Crippen LogP contribution in [0, 0.1) is 0 Å². The van der Waals surface area contributed by atoms with Gasteiger partial charge in [0.2, 0.25) is 0 Å². The van der Waals surface area contributed by atoms with Gasteiger partial charge < -0.3 is 23.8 Å². The van der Waals surface area contributed by atoms with E-state index in [0.29, 0.717) is 19.1 Å². The molecule has 0 spiro atoms. The average Bonchev–Trinajstić information content (AvgIpc) is 2.65. The summed E-state index contributed by atoms with van der Waals surface area (Å²) < 4.78 is 17.1. The van der Waals surface area contributed by atoms with Gasteiger partial charge >= 0.3 is 0 Å². The average molecular weight is 396 g/mol. The Kier molecular flexibility index (Phi) is 8.32. The van der Waals surface area contributed by atoms with Crippen LogP contribution in [0.2, 0.25) is 0 Å². The van der Waals surface area contributed by atoms with E-state index < -0.39 is 6.64 Å². The lowest BCUT2D eigenvalue weighted by molar-refractivity contribution is 0.123. The van der Waals surface area contributed by atoms with Crippen molar-refractivity contribution >= 4 is 29.8 Å². The van der Waals surface area contributed by atoms with Gasteiger partial charge in [0.15, 0.2) is 0 Å². The highest BCUT2D eigenvalue weighted by atomic mass is 32.5. The highest BCUT2D eigenvalue weighted by molar-refractivity contribution is 8.10. The summed E-state index contributed by atoms with van der Waals surface area (Å²) in [6.07, 6.45) is 3.35. The minimum Gasteiger partial charge on any atom is -0.378 e. The Morgan fingerprint density at radius 1 is 1.23 bits per heavy atom. The van der Waals surface area contributed by atoms with E-state index in [-0.39, 0.29) is 0 Å². The highest BCUT2D eigenvalue weighted by Crippen LogP contribution is 2.50. The summed E-state index contributed by atoms with van der Waals surface area (Å²) in [6.45, 7) is 12.8. The van der Waals surface area contributed by atoms with Gasteiger partial charge in [-0.05, 0) is 35.4 Å². The van der Waals surface area contributed by atoms with Crippen molar-refractivity contribution < 1.29 is 13.8 Å². The molecule has 0 radical (unpaired) electrons. The molecule has 2 rings (SSSR count). The summed E-state index contributed by atoms with van der Waals surface area (Å²) >= 11 is 5.70. The fraction of sp³-hybridized carbons (Fsp3) is 0.474. The SMILES string of the molecule is C=CCOP(=S)(Nc1cc(C(C)C)ccc1N1CCOCC1)OCC=C. The molecule has 0 aliphatic carbocycles. The van der Waals surface area contributed by atoms with E-state index in [0.717, 1.165) is 37.7 Å². The first-order valence-corrected chi connectivity index (χ1v) is 11.5. The van der Waals surface area contributed by atoms with Crippen LogP contribution in [0.25, 0.3) is 0 Å². The molecule has 0 atom stereocenters. The quantitative estimate of drug-likeness (QED) is 0.457. The number of hydrogen-bond acceptors (Lipinski definition) is 5. The Morgan fingerprint density at radius 3 is 2.38 bits per heavy atom.